The molecule has 82 valence electrons. The van der Waals surface area contributed by atoms with Crippen molar-refractivity contribution in [3.63, 3.8) is 0 Å². The van der Waals surface area contributed by atoms with Crippen molar-refractivity contribution >= 4 is 17.7 Å². The van der Waals surface area contributed by atoms with Gasteiger partial charge in [-0.2, -0.15) is 16.7 Å². The van der Waals surface area contributed by atoms with Crippen molar-refractivity contribution in [1.82, 2.24) is 10.1 Å². The van der Waals surface area contributed by atoms with Gasteiger partial charge in [0, 0.05) is 11.2 Å². The van der Waals surface area contributed by atoms with Crippen molar-refractivity contribution in [3.05, 3.63) is 11.7 Å². The number of carboxylic acids is 1. The SMILES string of the molecule is CC1(c2noc(CC(=O)O)n2)CCSC1. The molecule has 6 heteroatoms. The van der Waals surface area contributed by atoms with Crippen LogP contribution in [0.2, 0.25) is 0 Å². The Morgan fingerprint density at radius 3 is 3.13 bits per heavy atom. The molecule has 5 nitrogen and oxygen atoms in total. The molecule has 0 bridgehead atoms. The topological polar surface area (TPSA) is 76.2 Å². The molecule has 0 radical (unpaired) electrons. The van der Waals surface area contributed by atoms with Crippen LogP contribution in [0.4, 0.5) is 0 Å². The zero-order chi connectivity index (χ0) is 10.9. The Morgan fingerprint density at radius 1 is 1.73 bits per heavy atom. The summed E-state index contributed by atoms with van der Waals surface area (Å²) in [6, 6.07) is 0. The van der Waals surface area contributed by atoms with Gasteiger partial charge in [0.1, 0.15) is 6.42 Å². The predicted molar refractivity (Wildman–Crippen MR) is 54.9 cm³/mol. The summed E-state index contributed by atoms with van der Waals surface area (Å²) in [6.07, 6.45) is 0.819. The second-order valence-electron chi connectivity index (χ2n) is 3.95. The van der Waals surface area contributed by atoms with Crippen LogP contribution in [0, 0.1) is 0 Å². The molecule has 0 aromatic carbocycles. The Kier molecular flexibility index (Phi) is 2.68. The molecule has 1 fully saturated rings. The highest BCUT2D eigenvalue weighted by Gasteiger charge is 2.35. The second kappa shape index (κ2) is 3.84. The molecule has 2 rings (SSSR count). The monoisotopic (exact) mass is 228 g/mol. The number of aliphatic carboxylic acids is 1. The van der Waals surface area contributed by atoms with Crippen LogP contribution in [0.1, 0.15) is 25.1 Å². The molecule has 0 spiro atoms. The van der Waals surface area contributed by atoms with Crippen molar-refractivity contribution in [3.8, 4) is 0 Å². The molecule has 1 aromatic heterocycles. The predicted octanol–water partition coefficient (Wildman–Crippen LogP) is 1.09. The first-order valence-corrected chi connectivity index (χ1v) is 5.88. The molecule has 0 amide bonds. The highest BCUT2D eigenvalue weighted by Crippen LogP contribution is 2.36. The van der Waals surface area contributed by atoms with Crippen LogP contribution in [0.25, 0.3) is 0 Å². The van der Waals surface area contributed by atoms with E-state index in [-0.39, 0.29) is 17.7 Å². The van der Waals surface area contributed by atoms with E-state index in [4.69, 9.17) is 9.63 Å². The van der Waals surface area contributed by atoms with Gasteiger partial charge in [0.25, 0.3) is 0 Å². The summed E-state index contributed by atoms with van der Waals surface area (Å²) in [4.78, 5) is 14.6. The molecular weight excluding hydrogens is 216 g/mol. The summed E-state index contributed by atoms with van der Waals surface area (Å²) in [5, 5.41) is 12.4. The van der Waals surface area contributed by atoms with Gasteiger partial charge < -0.3 is 9.63 Å². The minimum Gasteiger partial charge on any atom is -0.481 e. The first-order valence-electron chi connectivity index (χ1n) is 4.73. The first-order chi connectivity index (χ1) is 7.10. The van der Waals surface area contributed by atoms with Crippen LogP contribution < -0.4 is 0 Å². The maximum atomic E-state index is 10.4. The zero-order valence-corrected chi connectivity index (χ0v) is 9.21. The summed E-state index contributed by atoms with van der Waals surface area (Å²) >= 11 is 1.86. The normalized spacial score (nSPS) is 25.7. The fourth-order valence-electron chi connectivity index (χ4n) is 1.54. The maximum Gasteiger partial charge on any atom is 0.312 e. The molecule has 1 aliphatic heterocycles. The average Bonchev–Trinajstić information content (AvgIpc) is 2.74. The van der Waals surface area contributed by atoms with E-state index in [0.717, 1.165) is 17.9 Å². The van der Waals surface area contributed by atoms with Gasteiger partial charge >= 0.3 is 5.97 Å². The van der Waals surface area contributed by atoms with E-state index in [1.165, 1.54) is 0 Å². The van der Waals surface area contributed by atoms with Gasteiger partial charge in [-0.3, -0.25) is 4.79 Å². The van der Waals surface area contributed by atoms with Gasteiger partial charge in [-0.15, -0.1) is 0 Å². The third-order valence-corrected chi connectivity index (χ3v) is 3.86. The number of aromatic nitrogens is 2. The molecule has 0 aliphatic carbocycles. The molecule has 1 saturated heterocycles. The Morgan fingerprint density at radius 2 is 2.53 bits per heavy atom. The first kappa shape index (κ1) is 10.5. The highest BCUT2D eigenvalue weighted by molar-refractivity contribution is 7.99. The lowest BCUT2D eigenvalue weighted by Gasteiger charge is -2.16. The van der Waals surface area contributed by atoms with Gasteiger partial charge in [0.2, 0.25) is 5.89 Å². The van der Waals surface area contributed by atoms with Gasteiger partial charge in [-0.25, -0.2) is 0 Å². The van der Waals surface area contributed by atoms with E-state index >= 15 is 0 Å². The zero-order valence-electron chi connectivity index (χ0n) is 8.39. The Hall–Kier alpha value is -1.04. The van der Waals surface area contributed by atoms with Crippen LogP contribution in [-0.2, 0) is 16.6 Å². The van der Waals surface area contributed by atoms with E-state index in [2.05, 4.69) is 17.1 Å². The quantitative estimate of drug-likeness (QED) is 0.834. The fraction of sp³-hybridized carbons (Fsp3) is 0.667. The largest absolute Gasteiger partial charge is 0.481 e. The van der Waals surface area contributed by atoms with Gasteiger partial charge in [0.15, 0.2) is 5.82 Å². The molecule has 15 heavy (non-hydrogen) atoms. The standard InChI is InChI=1S/C9H12N2O3S/c1-9(2-3-15-5-9)8-10-6(14-11-8)4-7(12)13/h2-5H2,1H3,(H,12,13). The Labute approximate surface area is 91.2 Å². The van der Waals surface area contributed by atoms with E-state index in [9.17, 15) is 4.79 Å². The van der Waals surface area contributed by atoms with Crippen molar-refractivity contribution in [2.75, 3.05) is 11.5 Å². The minimum atomic E-state index is -0.948. The third-order valence-electron chi connectivity index (χ3n) is 2.53. The number of carbonyl (C=O) groups is 1. The summed E-state index contributed by atoms with van der Waals surface area (Å²) in [5.41, 5.74) is -0.0507. The Balaban J connectivity index is 2.15. The number of hydrogen-bond donors (Lipinski definition) is 1. The number of thioether (sulfide) groups is 1. The van der Waals surface area contributed by atoms with Crippen molar-refractivity contribution in [2.45, 2.75) is 25.2 Å². The third kappa shape index (κ3) is 2.14. The van der Waals surface area contributed by atoms with Gasteiger partial charge in [-0.05, 0) is 12.2 Å². The second-order valence-corrected chi connectivity index (χ2v) is 5.05. The lowest BCUT2D eigenvalue weighted by molar-refractivity contribution is -0.136. The average molecular weight is 228 g/mol. The molecule has 0 saturated carbocycles. The van der Waals surface area contributed by atoms with Gasteiger partial charge in [-0.1, -0.05) is 12.1 Å². The minimum absolute atomic E-state index is 0.0507. The summed E-state index contributed by atoms with van der Waals surface area (Å²) in [5.74, 6) is 1.95. The molecule has 1 N–H and O–H groups in total. The van der Waals surface area contributed by atoms with Crippen molar-refractivity contribution in [2.24, 2.45) is 0 Å². The number of rotatable bonds is 3. The van der Waals surface area contributed by atoms with Crippen LogP contribution in [0.15, 0.2) is 4.52 Å². The summed E-state index contributed by atoms with van der Waals surface area (Å²) < 4.78 is 4.90. The fourth-order valence-corrected chi connectivity index (χ4v) is 3.01. The van der Waals surface area contributed by atoms with Crippen molar-refractivity contribution in [1.29, 1.82) is 0 Å². The van der Waals surface area contributed by atoms with E-state index in [1.54, 1.807) is 0 Å². The number of carboxylic acid groups (broad SMARTS) is 1. The Bertz CT molecular complexity index is 371. The number of hydrogen-bond acceptors (Lipinski definition) is 5. The lowest BCUT2D eigenvalue weighted by atomic mass is 9.89. The van der Waals surface area contributed by atoms with E-state index in [1.807, 2.05) is 11.8 Å². The molecule has 1 atom stereocenters. The van der Waals surface area contributed by atoms with Crippen LogP contribution in [0.5, 0.6) is 0 Å². The van der Waals surface area contributed by atoms with Crippen molar-refractivity contribution < 1.29 is 14.4 Å². The molecule has 1 aromatic rings. The van der Waals surface area contributed by atoms with Crippen LogP contribution in [-0.4, -0.2) is 32.7 Å². The lowest BCUT2D eigenvalue weighted by Crippen LogP contribution is -2.22. The molecule has 1 unspecified atom stereocenters. The van der Waals surface area contributed by atoms with Crippen LogP contribution >= 0.6 is 11.8 Å². The summed E-state index contributed by atoms with van der Waals surface area (Å²) in [6.45, 7) is 2.09. The molecular formula is C9H12N2O3S. The van der Waals surface area contributed by atoms with E-state index < -0.39 is 5.97 Å². The van der Waals surface area contributed by atoms with E-state index in [0.29, 0.717) is 5.82 Å². The van der Waals surface area contributed by atoms with Gasteiger partial charge in [0.05, 0.1) is 0 Å². The smallest absolute Gasteiger partial charge is 0.312 e. The maximum absolute atomic E-state index is 10.4. The molecule has 2 heterocycles. The summed E-state index contributed by atoms with van der Waals surface area (Å²) in [7, 11) is 0. The molecule has 1 aliphatic rings. The van der Waals surface area contributed by atoms with Crippen LogP contribution in [0.3, 0.4) is 0 Å². The number of nitrogens with zero attached hydrogens (tertiary/aromatic N) is 2. The highest BCUT2D eigenvalue weighted by atomic mass is 32.2.